The van der Waals surface area contributed by atoms with Gasteiger partial charge >= 0.3 is 0 Å². The lowest BCUT2D eigenvalue weighted by molar-refractivity contribution is -0.139. The average Bonchev–Trinajstić information content (AvgIpc) is 3.19. The Hall–Kier alpha value is -2.76. The minimum atomic E-state index is -0.190. The van der Waals surface area contributed by atoms with Gasteiger partial charge in [-0.15, -0.1) is 0 Å². The molecule has 0 bridgehead atoms. The first kappa shape index (κ1) is 14.8. The van der Waals surface area contributed by atoms with E-state index in [1.54, 1.807) is 0 Å². The lowest BCUT2D eigenvalue weighted by Gasteiger charge is -2.14. The molecular weight excluding hydrogens is 306 g/mol. The zero-order valence-electron chi connectivity index (χ0n) is 13.1. The Labute approximate surface area is 139 Å². The van der Waals surface area contributed by atoms with Gasteiger partial charge in [0.25, 0.3) is 0 Å². The molecule has 2 amide bonds. The zero-order valence-corrected chi connectivity index (χ0v) is 13.1. The number of fused-ring (bicyclic) bond motifs is 1. The maximum Gasteiger partial charge on any atom is 0.233 e. The molecule has 4 rings (SSSR count). The van der Waals surface area contributed by atoms with Gasteiger partial charge in [-0.3, -0.25) is 14.5 Å². The van der Waals surface area contributed by atoms with Crippen LogP contribution in [0.4, 0.5) is 0 Å². The molecule has 0 radical (unpaired) electrons. The molecule has 122 valence electrons. The lowest BCUT2D eigenvalue weighted by Crippen LogP contribution is -2.33. The summed E-state index contributed by atoms with van der Waals surface area (Å²) in [6, 6.07) is 9.54. The van der Waals surface area contributed by atoms with Crippen LogP contribution in [0.2, 0.25) is 0 Å². The summed E-state index contributed by atoms with van der Waals surface area (Å²) >= 11 is 0. The van der Waals surface area contributed by atoms with E-state index in [1.165, 1.54) is 4.90 Å². The van der Waals surface area contributed by atoms with Gasteiger partial charge in [0.2, 0.25) is 23.5 Å². The number of rotatable bonds is 4. The molecule has 0 spiro atoms. The summed E-state index contributed by atoms with van der Waals surface area (Å²) in [5.74, 6) is 0.425. The molecule has 24 heavy (non-hydrogen) atoms. The molecule has 1 aromatic carbocycles. The van der Waals surface area contributed by atoms with Crippen LogP contribution < -0.4 is 0 Å². The fourth-order valence-electron chi connectivity index (χ4n) is 3.36. The zero-order chi connectivity index (χ0) is 16.5. The first-order valence-corrected chi connectivity index (χ1v) is 8.12. The second-order valence-electron chi connectivity index (χ2n) is 6.11. The number of aromatic nitrogens is 2. The number of carbonyl (C=O) groups excluding carboxylic acids is 2. The Morgan fingerprint density at radius 2 is 1.71 bits per heavy atom. The third kappa shape index (κ3) is 2.54. The maximum absolute atomic E-state index is 12.4. The van der Waals surface area contributed by atoms with Crippen molar-refractivity contribution in [3.05, 3.63) is 48.4 Å². The van der Waals surface area contributed by atoms with Crippen molar-refractivity contribution < 1.29 is 14.1 Å². The van der Waals surface area contributed by atoms with E-state index >= 15 is 0 Å². The molecule has 0 N–H and O–H groups in total. The molecule has 6 nitrogen and oxygen atoms in total. The third-order valence-electron chi connectivity index (χ3n) is 4.65. The number of allylic oxidation sites excluding steroid dienone is 2. The monoisotopic (exact) mass is 323 g/mol. The van der Waals surface area contributed by atoms with Crippen LogP contribution >= 0.6 is 0 Å². The second-order valence-corrected chi connectivity index (χ2v) is 6.11. The highest BCUT2D eigenvalue weighted by Gasteiger charge is 2.46. The Kier molecular flexibility index (Phi) is 3.72. The Bertz CT molecular complexity index is 771. The average molecular weight is 323 g/mol. The van der Waals surface area contributed by atoms with E-state index in [9.17, 15) is 9.59 Å². The van der Waals surface area contributed by atoms with Crippen molar-refractivity contribution in [1.82, 2.24) is 15.0 Å². The number of carbonyl (C=O) groups is 2. The van der Waals surface area contributed by atoms with Gasteiger partial charge in [-0.1, -0.05) is 47.6 Å². The van der Waals surface area contributed by atoms with Gasteiger partial charge in [0.15, 0.2) is 0 Å². The van der Waals surface area contributed by atoms with Gasteiger partial charge in [-0.2, -0.15) is 4.98 Å². The van der Waals surface area contributed by atoms with Gasteiger partial charge in [0.1, 0.15) is 0 Å². The van der Waals surface area contributed by atoms with Crippen LogP contribution in [0.15, 0.2) is 47.0 Å². The van der Waals surface area contributed by atoms with E-state index < -0.39 is 0 Å². The molecule has 2 aliphatic rings. The van der Waals surface area contributed by atoms with Crippen molar-refractivity contribution in [2.45, 2.75) is 19.3 Å². The summed E-state index contributed by atoms with van der Waals surface area (Å²) in [5.41, 5.74) is 0.873. The van der Waals surface area contributed by atoms with Gasteiger partial charge in [-0.05, 0) is 12.8 Å². The first-order valence-electron chi connectivity index (χ1n) is 8.12. The smallest absolute Gasteiger partial charge is 0.233 e. The van der Waals surface area contributed by atoms with Gasteiger partial charge in [0, 0.05) is 18.5 Å². The van der Waals surface area contributed by atoms with Gasteiger partial charge < -0.3 is 4.52 Å². The van der Waals surface area contributed by atoms with E-state index in [4.69, 9.17) is 4.52 Å². The topological polar surface area (TPSA) is 76.3 Å². The van der Waals surface area contributed by atoms with E-state index in [1.807, 2.05) is 42.5 Å². The SMILES string of the molecule is O=C1[C@@H]2CC=CC[C@H]2C(=O)N1CCc1nc(-c2ccccc2)no1. The number of benzene rings is 1. The van der Waals surface area contributed by atoms with Crippen LogP contribution in [-0.4, -0.2) is 33.4 Å². The summed E-state index contributed by atoms with van der Waals surface area (Å²) in [7, 11) is 0. The van der Waals surface area contributed by atoms with E-state index in [-0.39, 0.29) is 23.7 Å². The molecule has 0 saturated carbocycles. The molecule has 1 aliphatic carbocycles. The van der Waals surface area contributed by atoms with E-state index in [2.05, 4.69) is 10.1 Å². The van der Waals surface area contributed by atoms with Crippen molar-refractivity contribution in [3.8, 4) is 11.4 Å². The van der Waals surface area contributed by atoms with Crippen molar-refractivity contribution >= 4 is 11.8 Å². The number of hydrogen-bond donors (Lipinski definition) is 0. The molecular formula is C18H17N3O3. The summed E-state index contributed by atoms with van der Waals surface area (Å²) in [5, 5.41) is 3.96. The second kappa shape index (κ2) is 6.03. The number of imide groups is 1. The van der Waals surface area contributed by atoms with Crippen LogP contribution in [0, 0.1) is 11.8 Å². The van der Waals surface area contributed by atoms with E-state index in [0.717, 1.165) is 5.56 Å². The van der Waals surface area contributed by atoms with Crippen molar-refractivity contribution in [1.29, 1.82) is 0 Å². The number of hydrogen-bond acceptors (Lipinski definition) is 5. The molecule has 2 aromatic rings. The Morgan fingerprint density at radius 1 is 1.04 bits per heavy atom. The number of likely N-dealkylation sites (tertiary alicyclic amines) is 1. The number of amides is 2. The quantitative estimate of drug-likeness (QED) is 0.637. The Balaban J connectivity index is 1.43. The predicted molar refractivity (Wildman–Crippen MR) is 85.5 cm³/mol. The van der Waals surface area contributed by atoms with E-state index in [0.29, 0.717) is 37.5 Å². The number of nitrogens with zero attached hydrogens (tertiary/aromatic N) is 3. The third-order valence-corrected chi connectivity index (χ3v) is 4.65. The Morgan fingerprint density at radius 3 is 2.38 bits per heavy atom. The summed E-state index contributed by atoms with van der Waals surface area (Å²) < 4.78 is 5.25. The van der Waals surface area contributed by atoms with Gasteiger partial charge in [-0.25, -0.2) is 0 Å². The van der Waals surface area contributed by atoms with Crippen LogP contribution in [0.1, 0.15) is 18.7 Å². The maximum atomic E-state index is 12.4. The highest BCUT2D eigenvalue weighted by atomic mass is 16.5. The minimum Gasteiger partial charge on any atom is -0.339 e. The van der Waals surface area contributed by atoms with Crippen LogP contribution in [0.3, 0.4) is 0 Å². The largest absolute Gasteiger partial charge is 0.339 e. The molecule has 2 atom stereocenters. The fraction of sp³-hybridized carbons (Fsp3) is 0.333. The van der Waals surface area contributed by atoms with Crippen LogP contribution in [-0.2, 0) is 16.0 Å². The molecule has 2 heterocycles. The summed E-state index contributed by atoms with van der Waals surface area (Å²) in [4.78, 5) is 30.5. The highest BCUT2D eigenvalue weighted by Crippen LogP contribution is 2.35. The summed E-state index contributed by atoms with van der Waals surface area (Å²) in [6.07, 6.45) is 5.67. The van der Waals surface area contributed by atoms with Gasteiger partial charge in [0.05, 0.1) is 11.8 Å². The molecule has 0 unspecified atom stereocenters. The standard InChI is InChI=1S/C18H17N3O3/c22-17-13-8-4-5-9-14(13)18(23)21(17)11-10-15-19-16(20-24-15)12-6-2-1-3-7-12/h1-7,13-14H,8-11H2/t13-,14-/m1/s1. The first-order chi connectivity index (χ1) is 11.7. The molecule has 1 aliphatic heterocycles. The molecule has 1 saturated heterocycles. The summed E-state index contributed by atoms with van der Waals surface area (Å²) in [6.45, 7) is 0.293. The van der Waals surface area contributed by atoms with Crippen molar-refractivity contribution in [3.63, 3.8) is 0 Å². The lowest BCUT2D eigenvalue weighted by atomic mass is 9.85. The van der Waals surface area contributed by atoms with Crippen LogP contribution in [0.5, 0.6) is 0 Å². The minimum absolute atomic E-state index is 0.0721. The van der Waals surface area contributed by atoms with Crippen LogP contribution in [0.25, 0.3) is 11.4 Å². The fourth-order valence-corrected chi connectivity index (χ4v) is 3.36. The molecule has 1 aromatic heterocycles. The van der Waals surface area contributed by atoms with Crippen molar-refractivity contribution in [2.24, 2.45) is 11.8 Å². The normalized spacial score (nSPS) is 22.9. The molecule has 1 fully saturated rings. The molecule has 6 heteroatoms. The van der Waals surface area contributed by atoms with Crippen molar-refractivity contribution in [2.75, 3.05) is 6.54 Å². The highest BCUT2D eigenvalue weighted by molar-refractivity contribution is 6.05. The predicted octanol–water partition coefficient (Wildman–Crippen LogP) is 2.23.